The summed E-state index contributed by atoms with van der Waals surface area (Å²) in [6, 6.07) is 13.7. The smallest absolute Gasteiger partial charge is 0.123 e. The molecule has 1 heterocycles. The second kappa shape index (κ2) is 7.87. The molecule has 132 valence electrons. The number of hydrogen-bond acceptors (Lipinski definition) is 4. The molecule has 0 fully saturated rings. The Morgan fingerprint density at radius 1 is 1.28 bits per heavy atom. The van der Waals surface area contributed by atoms with E-state index in [1.54, 1.807) is 7.11 Å². The van der Waals surface area contributed by atoms with Crippen LogP contribution < -0.4 is 10.1 Å². The summed E-state index contributed by atoms with van der Waals surface area (Å²) in [6.07, 6.45) is 0. The second-order valence-electron chi connectivity index (χ2n) is 5.88. The van der Waals surface area contributed by atoms with Gasteiger partial charge in [-0.2, -0.15) is 0 Å². The van der Waals surface area contributed by atoms with E-state index >= 15 is 0 Å². The summed E-state index contributed by atoms with van der Waals surface area (Å²) in [5.74, 6) is 1.73. The predicted molar refractivity (Wildman–Crippen MR) is 100 cm³/mol. The number of methoxy groups -OCH3 is 1. The molecule has 0 unspecified atom stereocenters. The van der Waals surface area contributed by atoms with Gasteiger partial charge in [-0.3, -0.25) is 0 Å². The highest BCUT2D eigenvalue weighted by molar-refractivity contribution is 6.31. The third-order valence-corrected chi connectivity index (χ3v) is 4.52. The number of para-hydroxylation sites is 1. The van der Waals surface area contributed by atoms with Crippen LogP contribution in [-0.4, -0.2) is 28.4 Å². The quantitative estimate of drug-likeness (QED) is 0.677. The number of fused-ring (bicyclic) bond motifs is 1. The van der Waals surface area contributed by atoms with Gasteiger partial charge in [0.15, 0.2) is 0 Å². The lowest BCUT2D eigenvalue weighted by atomic mass is 10.1. The third-order valence-electron chi connectivity index (χ3n) is 4.28. The van der Waals surface area contributed by atoms with Crippen molar-refractivity contribution in [2.45, 2.75) is 26.1 Å². The van der Waals surface area contributed by atoms with Crippen LogP contribution in [0, 0.1) is 0 Å². The topological polar surface area (TPSA) is 59.3 Å². The van der Waals surface area contributed by atoms with Crippen LogP contribution in [-0.2, 0) is 13.1 Å². The van der Waals surface area contributed by atoms with E-state index in [0.29, 0.717) is 18.1 Å². The molecular weight excluding hydrogens is 338 g/mol. The van der Waals surface area contributed by atoms with E-state index in [1.807, 2.05) is 47.0 Å². The van der Waals surface area contributed by atoms with E-state index in [9.17, 15) is 5.11 Å². The minimum atomic E-state index is 0.0486. The molecule has 0 saturated heterocycles. The molecule has 0 amide bonds. The Morgan fingerprint density at radius 2 is 2.08 bits per heavy atom. The molecule has 6 heteroatoms. The Hall–Kier alpha value is -2.08. The molecule has 0 radical (unpaired) electrons. The van der Waals surface area contributed by atoms with Crippen LogP contribution in [0.4, 0.5) is 0 Å². The van der Waals surface area contributed by atoms with Gasteiger partial charge in [-0.05, 0) is 31.2 Å². The van der Waals surface area contributed by atoms with Crippen molar-refractivity contribution in [3.8, 4) is 5.75 Å². The molecule has 3 rings (SSSR count). The molecule has 1 aromatic heterocycles. The zero-order valence-electron chi connectivity index (χ0n) is 14.4. The van der Waals surface area contributed by atoms with E-state index in [1.165, 1.54) is 0 Å². The largest absolute Gasteiger partial charge is 0.496 e. The van der Waals surface area contributed by atoms with Gasteiger partial charge in [0.1, 0.15) is 11.6 Å². The van der Waals surface area contributed by atoms with Gasteiger partial charge in [-0.25, -0.2) is 4.98 Å². The van der Waals surface area contributed by atoms with Crippen molar-refractivity contribution in [2.75, 3.05) is 13.7 Å². The zero-order valence-corrected chi connectivity index (χ0v) is 15.1. The molecule has 2 N–H and O–H groups in total. The minimum Gasteiger partial charge on any atom is -0.496 e. The van der Waals surface area contributed by atoms with Gasteiger partial charge in [0.05, 0.1) is 31.3 Å². The number of imidazole rings is 1. The predicted octanol–water partition coefficient (Wildman–Crippen LogP) is 3.54. The van der Waals surface area contributed by atoms with Gasteiger partial charge >= 0.3 is 0 Å². The molecule has 2 aromatic carbocycles. The van der Waals surface area contributed by atoms with Crippen LogP contribution in [0.3, 0.4) is 0 Å². The molecule has 25 heavy (non-hydrogen) atoms. The number of nitrogens with zero attached hydrogens (tertiary/aromatic N) is 2. The highest BCUT2D eigenvalue weighted by Crippen LogP contribution is 2.25. The summed E-state index contributed by atoms with van der Waals surface area (Å²) < 4.78 is 7.44. The van der Waals surface area contributed by atoms with Crippen LogP contribution in [0.25, 0.3) is 11.0 Å². The minimum absolute atomic E-state index is 0.0486. The van der Waals surface area contributed by atoms with Gasteiger partial charge in [-0.1, -0.05) is 29.8 Å². The first-order valence-corrected chi connectivity index (χ1v) is 8.63. The summed E-state index contributed by atoms with van der Waals surface area (Å²) in [5, 5.41) is 13.5. The lowest BCUT2D eigenvalue weighted by molar-refractivity contribution is 0.275. The number of hydrogen-bond donors (Lipinski definition) is 2. The normalized spacial score (nSPS) is 12.5. The van der Waals surface area contributed by atoms with Crippen LogP contribution in [0.5, 0.6) is 5.75 Å². The van der Waals surface area contributed by atoms with Crippen molar-refractivity contribution >= 4 is 22.6 Å². The number of rotatable bonds is 7. The SMILES string of the molecule is COc1ccccc1[C@@H](C)NCc1nc2ccc(Cl)cc2n1CCO. The molecule has 5 nitrogen and oxygen atoms in total. The fourth-order valence-electron chi connectivity index (χ4n) is 3.01. The summed E-state index contributed by atoms with van der Waals surface area (Å²) in [6.45, 7) is 3.20. The lowest BCUT2D eigenvalue weighted by Crippen LogP contribution is -2.21. The average Bonchev–Trinajstić information content (AvgIpc) is 2.97. The van der Waals surface area contributed by atoms with Gasteiger partial charge in [0, 0.05) is 23.2 Å². The molecule has 0 saturated carbocycles. The van der Waals surface area contributed by atoms with E-state index < -0.39 is 0 Å². The summed E-state index contributed by atoms with van der Waals surface area (Å²) in [7, 11) is 1.68. The maximum Gasteiger partial charge on any atom is 0.123 e. The van der Waals surface area contributed by atoms with Gasteiger partial charge < -0.3 is 19.7 Å². The van der Waals surface area contributed by atoms with Crippen molar-refractivity contribution in [2.24, 2.45) is 0 Å². The van der Waals surface area contributed by atoms with Crippen molar-refractivity contribution in [3.05, 3.63) is 58.9 Å². The first-order valence-electron chi connectivity index (χ1n) is 8.26. The number of ether oxygens (including phenoxy) is 1. The molecule has 0 aliphatic heterocycles. The van der Waals surface area contributed by atoms with Crippen LogP contribution in [0.15, 0.2) is 42.5 Å². The number of aromatic nitrogens is 2. The maximum absolute atomic E-state index is 9.40. The zero-order chi connectivity index (χ0) is 17.8. The van der Waals surface area contributed by atoms with Crippen molar-refractivity contribution in [1.29, 1.82) is 0 Å². The Balaban J connectivity index is 1.84. The van der Waals surface area contributed by atoms with Crippen molar-refractivity contribution in [1.82, 2.24) is 14.9 Å². The van der Waals surface area contributed by atoms with Gasteiger partial charge in [0.25, 0.3) is 0 Å². The summed E-state index contributed by atoms with van der Waals surface area (Å²) in [5.41, 5.74) is 2.90. The van der Waals surface area contributed by atoms with E-state index in [4.69, 9.17) is 16.3 Å². The van der Waals surface area contributed by atoms with E-state index in [2.05, 4.69) is 17.2 Å². The van der Waals surface area contributed by atoms with Crippen molar-refractivity contribution in [3.63, 3.8) is 0 Å². The standard InChI is InChI=1S/C19H22ClN3O2/c1-13(15-5-3-4-6-18(15)25-2)21-12-19-22-16-8-7-14(20)11-17(16)23(19)9-10-24/h3-8,11,13,21,24H,9-10,12H2,1-2H3/t13-/m1/s1. The number of nitrogens with one attached hydrogen (secondary N) is 1. The highest BCUT2D eigenvalue weighted by Gasteiger charge is 2.14. The summed E-state index contributed by atoms with van der Waals surface area (Å²) >= 11 is 6.11. The molecule has 1 atom stereocenters. The molecular formula is C19H22ClN3O2. The summed E-state index contributed by atoms with van der Waals surface area (Å²) in [4.78, 5) is 4.68. The Kier molecular flexibility index (Phi) is 5.58. The van der Waals surface area contributed by atoms with Crippen LogP contribution in [0.2, 0.25) is 5.02 Å². The Labute approximate surface area is 152 Å². The number of benzene rings is 2. The maximum atomic E-state index is 9.40. The second-order valence-corrected chi connectivity index (χ2v) is 6.32. The Morgan fingerprint density at radius 3 is 2.84 bits per heavy atom. The Bertz CT molecular complexity index is 863. The third kappa shape index (κ3) is 3.79. The highest BCUT2D eigenvalue weighted by atomic mass is 35.5. The molecule has 0 aliphatic carbocycles. The van der Waals surface area contributed by atoms with E-state index in [0.717, 1.165) is 28.2 Å². The van der Waals surface area contributed by atoms with Gasteiger partial charge in [-0.15, -0.1) is 0 Å². The number of halogens is 1. The number of aliphatic hydroxyl groups is 1. The fourth-order valence-corrected chi connectivity index (χ4v) is 3.18. The molecule has 0 bridgehead atoms. The molecule has 0 spiro atoms. The molecule has 3 aromatic rings. The first kappa shape index (κ1) is 17.7. The van der Waals surface area contributed by atoms with Crippen LogP contribution in [0.1, 0.15) is 24.4 Å². The average molecular weight is 360 g/mol. The van der Waals surface area contributed by atoms with Gasteiger partial charge in [0.2, 0.25) is 0 Å². The molecule has 0 aliphatic rings. The monoisotopic (exact) mass is 359 g/mol. The first-order chi connectivity index (χ1) is 12.1. The van der Waals surface area contributed by atoms with Crippen molar-refractivity contribution < 1.29 is 9.84 Å². The lowest BCUT2D eigenvalue weighted by Gasteiger charge is -2.17. The van der Waals surface area contributed by atoms with E-state index in [-0.39, 0.29) is 12.6 Å². The fraction of sp³-hybridized carbons (Fsp3) is 0.316. The van der Waals surface area contributed by atoms with Crippen LogP contribution >= 0.6 is 11.6 Å². The number of aliphatic hydroxyl groups excluding tert-OH is 1.